The van der Waals surface area contributed by atoms with Crippen LogP contribution < -0.4 is 4.74 Å². The van der Waals surface area contributed by atoms with Gasteiger partial charge in [0.25, 0.3) is 0 Å². The highest BCUT2D eigenvalue weighted by atomic mass is 16.5. The molecule has 0 saturated heterocycles. The molecule has 1 aromatic heterocycles. The molecule has 0 aliphatic heterocycles. The Morgan fingerprint density at radius 2 is 1.78 bits per heavy atom. The molecule has 0 atom stereocenters. The number of aromatic amines is 1. The van der Waals surface area contributed by atoms with Gasteiger partial charge in [0.15, 0.2) is 0 Å². The Kier molecular flexibility index (Phi) is 6.63. The van der Waals surface area contributed by atoms with E-state index in [9.17, 15) is 0 Å². The van der Waals surface area contributed by atoms with Crippen molar-refractivity contribution in [3.8, 4) is 17.1 Å². The third-order valence-electron chi connectivity index (χ3n) is 4.27. The molecule has 1 heterocycles. The van der Waals surface area contributed by atoms with E-state index in [0.717, 1.165) is 42.5 Å². The van der Waals surface area contributed by atoms with Crippen molar-refractivity contribution in [1.82, 2.24) is 19.8 Å². The summed E-state index contributed by atoms with van der Waals surface area (Å²) in [6.45, 7) is 3.27. The first-order chi connectivity index (χ1) is 13.1. The number of likely N-dealkylation sites (N-methyl/N-ethyl adjacent to an activating group) is 1. The van der Waals surface area contributed by atoms with E-state index < -0.39 is 0 Å². The van der Waals surface area contributed by atoms with Crippen LogP contribution in [0.1, 0.15) is 11.3 Å². The van der Waals surface area contributed by atoms with E-state index in [1.54, 1.807) is 0 Å². The number of rotatable bonds is 9. The van der Waals surface area contributed by atoms with Crippen LogP contribution in [-0.2, 0) is 13.1 Å². The normalized spacial score (nSPS) is 11.3. The maximum Gasteiger partial charge on any atom is 0.137 e. The maximum atomic E-state index is 5.83. The van der Waals surface area contributed by atoms with Gasteiger partial charge < -0.3 is 14.6 Å². The molecule has 0 spiro atoms. The lowest BCUT2D eigenvalue weighted by atomic mass is 10.2. The lowest BCUT2D eigenvalue weighted by Crippen LogP contribution is -2.19. The van der Waals surface area contributed by atoms with E-state index in [4.69, 9.17) is 4.74 Å². The van der Waals surface area contributed by atoms with Gasteiger partial charge in [-0.2, -0.15) is 0 Å². The largest absolute Gasteiger partial charge is 0.492 e. The van der Waals surface area contributed by atoms with Gasteiger partial charge in [-0.15, -0.1) is 0 Å². The van der Waals surface area contributed by atoms with Gasteiger partial charge in [-0.1, -0.05) is 42.5 Å². The second kappa shape index (κ2) is 9.35. The summed E-state index contributed by atoms with van der Waals surface area (Å²) in [6, 6.07) is 18.5. The summed E-state index contributed by atoms with van der Waals surface area (Å²) in [5, 5.41) is 0. The zero-order chi connectivity index (χ0) is 19.1. The number of imidazole rings is 1. The summed E-state index contributed by atoms with van der Waals surface area (Å²) in [4.78, 5) is 12.3. The zero-order valence-electron chi connectivity index (χ0n) is 16.4. The first-order valence-corrected chi connectivity index (χ1v) is 9.24. The third kappa shape index (κ3) is 5.94. The van der Waals surface area contributed by atoms with Gasteiger partial charge in [0, 0.05) is 37.1 Å². The van der Waals surface area contributed by atoms with Crippen LogP contribution in [0, 0.1) is 0 Å². The standard InChI is InChI=1S/C22H28N4O/c1-25(2)12-13-27-21-11-7-8-18(14-21)16-26(3)17-20-15-23-22(24-20)19-9-5-4-6-10-19/h4-11,14-15H,12-13,16-17H2,1-3H3,(H,23,24). The summed E-state index contributed by atoms with van der Waals surface area (Å²) in [5.41, 5.74) is 3.45. The van der Waals surface area contributed by atoms with Gasteiger partial charge in [-0.05, 0) is 38.8 Å². The number of nitrogens with one attached hydrogen (secondary N) is 1. The molecule has 0 aliphatic carbocycles. The van der Waals surface area contributed by atoms with Crippen LogP contribution >= 0.6 is 0 Å². The topological polar surface area (TPSA) is 44.4 Å². The van der Waals surface area contributed by atoms with Crippen LogP contribution in [0.3, 0.4) is 0 Å². The highest BCUT2D eigenvalue weighted by Crippen LogP contribution is 2.17. The Hall–Kier alpha value is -2.63. The summed E-state index contributed by atoms with van der Waals surface area (Å²) in [6.07, 6.45) is 1.92. The zero-order valence-corrected chi connectivity index (χ0v) is 16.4. The van der Waals surface area contributed by atoms with Gasteiger partial charge >= 0.3 is 0 Å². The number of aromatic nitrogens is 2. The average molecular weight is 364 g/mol. The minimum atomic E-state index is 0.697. The number of ether oxygens (including phenoxy) is 1. The Morgan fingerprint density at radius 1 is 0.963 bits per heavy atom. The van der Waals surface area contributed by atoms with E-state index in [2.05, 4.69) is 57.1 Å². The van der Waals surface area contributed by atoms with Crippen molar-refractivity contribution in [3.05, 3.63) is 72.1 Å². The molecule has 3 rings (SSSR count). The van der Waals surface area contributed by atoms with E-state index in [-0.39, 0.29) is 0 Å². The highest BCUT2D eigenvalue weighted by molar-refractivity contribution is 5.54. The predicted molar refractivity (Wildman–Crippen MR) is 110 cm³/mol. The monoisotopic (exact) mass is 364 g/mol. The molecular weight excluding hydrogens is 336 g/mol. The van der Waals surface area contributed by atoms with Crippen LogP contribution in [0.5, 0.6) is 5.75 Å². The Labute approximate surface area is 161 Å². The summed E-state index contributed by atoms with van der Waals surface area (Å²) in [7, 11) is 6.21. The van der Waals surface area contributed by atoms with Gasteiger partial charge in [-0.3, -0.25) is 4.90 Å². The van der Waals surface area contributed by atoms with Crippen molar-refractivity contribution >= 4 is 0 Å². The second-order valence-electron chi connectivity index (χ2n) is 7.09. The molecule has 0 aliphatic rings. The number of benzene rings is 2. The molecule has 2 aromatic carbocycles. The molecule has 0 radical (unpaired) electrons. The third-order valence-corrected chi connectivity index (χ3v) is 4.27. The summed E-state index contributed by atoms with van der Waals surface area (Å²) < 4.78 is 5.83. The fourth-order valence-corrected chi connectivity index (χ4v) is 2.92. The minimum absolute atomic E-state index is 0.697. The van der Waals surface area contributed by atoms with Crippen molar-refractivity contribution in [2.24, 2.45) is 0 Å². The molecule has 0 fully saturated rings. The second-order valence-corrected chi connectivity index (χ2v) is 7.09. The number of hydrogen-bond acceptors (Lipinski definition) is 4. The molecule has 0 bridgehead atoms. The molecule has 1 N–H and O–H groups in total. The van der Waals surface area contributed by atoms with Gasteiger partial charge in [0.05, 0.1) is 0 Å². The lowest BCUT2D eigenvalue weighted by Gasteiger charge is -2.17. The van der Waals surface area contributed by atoms with Crippen LogP contribution in [0.4, 0.5) is 0 Å². The van der Waals surface area contributed by atoms with Crippen LogP contribution in [0.25, 0.3) is 11.4 Å². The summed E-state index contributed by atoms with van der Waals surface area (Å²) >= 11 is 0. The van der Waals surface area contributed by atoms with Crippen LogP contribution in [-0.4, -0.2) is 54.1 Å². The lowest BCUT2D eigenvalue weighted by molar-refractivity contribution is 0.260. The SMILES string of the molecule is CN(C)CCOc1cccc(CN(C)Cc2cnc(-c3ccccc3)[nH]2)c1. The summed E-state index contributed by atoms with van der Waals surface area (Å²) in [5.74, 6) is 1.84. The van der Waals surface area contributed by atoms with Crippen molar-refractivity contribution in [2.45, 2.75) is 13.1 Å². The fourth-order valence-electron chi connectivity index (χ4n) is 2.92. The van der Waals surface area contributed by atoms with Gasteiger partial charge in [-0.25, -0.2) is 4.98 Å². The Morgan fingerprint density at radius 3 is 2.56 bits per heavy atom. The maximum absolute atomic E-state index is 5.83. The average Bonchev–Trinajstić information content (AvgIpc) is 3.11. The van der Waals surface area contributed by atoms with Crippen molar-refractivity contribution in [2.75, 3.05) is 34.3 Å². The first kappa shape index (κ1) is 19.1. The van der Waals surface area contributed by atoms with Crippen molar-refractivity contribution in [3.63, 3.8) is 0 Å². The Balaban J connectivity index is 1.55. The van der Waals surface area contributed by atoms with E-state index in [1.807, 2.05) is 44.6 Å². The van der Waals surface area contributed by atoms with Crippen LogP contribution in [0.2, 0.25) is 0 Å². The predicted octanol–water partition coefficient (Wildman–Crippen LogP) is 3.65. The smallest absolute Gasteiger partial charge is 0.137 e. The molecule has 142 valence electrons. The number of H-pyrrole nitrogens is 1. The Bertz CT molecular complexity index is 829. The number of nitrogens with zero attached hydrogens (tertiary/aromatic N) is 3. The highest BCUT2D eigenvalue weighted by Gasteiger charge is 2.07. The molecule has 3 aromatic rings. The molecular formula is C22H28N4O. The van der Waals surface area contributed by atoms with E-state index in [1.165, 1.54) is 5.56 Å². The van der Waals surface area contributed by atoms with E-state index >= 15 is 0 Å². The van der Waals surface area contributed by atoms with Crippen LogP contribution in [0.15, 0.2) is 60.8 Å². The fraction of sp³-hybridized carbons (Fsp3) is 0.318. The molecule has 27 heavy (non-hydrogen) atoms. The molecule has 5 nitrogen and oxygen atoms in total. The van der Waals surface area contributed by atoms with E-state index in [0.29, 0.717) is 6.61 Å². The van der Waals surface area contributed by atoms with Crippen molar-refractivity contribution < 1.29 is 4.74 Å². The quantitative estimate of drug-likeness (QED) is 0.629. The first-order valence-electron chi connectivity index (χ1n) is 9.24. The molecule has 0 saturated carbocycles. The van der Waals surface area contributed by atoms with Gasteiger partial charge in [0.2, 0.25) is 0 Å². The molecule has 0 unspecified atom stereocenters. The van der Waals surface area contributed by atoms with Gasteiger partial charge in [0.1, 0.15) is 18.2 Å². The molecule has 0 amide bonds. The van der Waals surface area contributed by atoms with Crippen molar-refractivity contribution in [1.29, 1.82) is 0 Å². The molecule has 5 heteroatoms. The number of hydrogen-bond donors (Lipinski definition) is 1. The minimum Gasteiger partial charge on any atom is -0.492 e.